The molecular formula is C12H10OS2. The molecule has 1 nitrogen and oxygen atoms in total. The van der Waals surface area contributed by atoms with Crippen molar-refractivity contribution >= 4 is 29.7 Å². The minimum atomic E-state index is 0.0844. The van der Waals surface area contributed by atoms with E-state index in [-0.39, 0.29) is 5.78 Å². The first-order valence-electron chi connectivity index (χ1n) is 4.56. The van der Waals surface area contributed by atoms with E-state index in [0.717, 1.165) is 20.9 Å². The van der Waals surface area contributed by atoms with Crippen molar-refractivity contribution < 1.29 is 4.79 Å². The van der Waals surface area contributed by atoms with Crippen LogP contribution in [0, 0.1) is 0 Å². The van der Waals surface area contributed by atoms with E-state index in [4.69, 9.17) is 0 Å². The number of carbonyl (C=O) groups excluding carboxylic acids is 1. The van der Waals surface area contributed by atoms with E-state index in [9.17, 15) is 4.79 Å². The van der Waals surface area contributed by atoms with Crippen LogP contribution in [0.3, 0.4) is 0 Å². The van der Waals surface area contributed by atoms with Gasteiger partial charge in [-0.05, 0) is 30.5 Å². The molecule has 0 radical (unpaired) electrons. The van der Waals surface area contributed by atoms with Crippen molar-refractivity contribution in [2.24, 2.45) is 0 Å². The molecule has 0 unspecified atom stereocenters. The lowest BCUT2D eigenvalue weighted by molar-refractivity contribution is 0.101. The first-order chi connectivity index (χ1) is 7.18. The summed E-state index contributed by atoms with van der Waals surface area (Å²) in [6.07, 6.45) is 0. The standard InChI is InChI=1S/C12H10OS2/c1-8(13)9-4-5-11(14)10(7-9)12-3-2-6-15-12/h2-7,14H,1H3. The Bertz CT molecular complexity index is 486. The average Bonchev–Trinajstić information content (AvgIpc) is 2.71. The van der Waals surface area contributed by atoms with E-state index in [1.807, 2.05) is 35.7 Å². The Balaban J connectivity index is 2.55. The van der Waals surface area contributed by atoms with Crippen LogP contribution in [0.5, 0.6) is 0 Å². The van der Waals surface area contributed by atoms with Gasteiger partial charge in [-0.1, -0.05) is 12.1 Å². The smallest absolute Gasteiger partial charge is 0.159 e. The molecule has 0 amide bonds. The normalized spacial score (nSPS) is 10.3. The molecule has 15 heavy (non-hydrogen) atoms. The van der Waals surface area contributed by atoms with Crippen molar-refractivity contribution in [1.29, 1.82) is 0 Å². The van der Waals surface area contributed by atoms with Gasteiger partial charge in [0, 0.05) is 20.9 Å². The molecule has 0 spiro atoms. The number of benzene rings is 1. The highest BCUT2D eigenvalue weighted by molar-refractivity contribution is 7.80. The summed E-state index contributed by atoms with van der Waals surface area (Å²) in [5.41, 5.74) is 1.76. The van der Waals surface area contributed by atoms with Gasteiger partial charge in [0.1, 0.15) is 0 Å². The molecule has 0 fully saturated rings. The number of ketones is 1. The van der Waals surface area contributed by atoms with Gasteiger partial charge in [-0.2, -0.15) is 0 Å². The van der Waals surface area contributed by atoms with Crippen LogP contribution in [-0.4, -0.2) is 5.78 Å². The van der Waals surface area contributed by atoms with E-state index in [1.165, 1.54) is 0 Å². The summed E-state index contributed by atoms with van der Waals surface area (Å²) < 4.78 is 0. The quantitative estimate of drug-likeness (QED) is 0.616. The summed E-state index contributed by atoms with van der Waals surface area (Å²) in [6.45, 7) is 1.58. The van der Waals surface area contributed by atoms with E-state index in [0.29, 0.717) is 0 Å². The summed E-state index contributed by atoms with van der Waals surface area (Å²) in [5, 5.41) is 2.02. The third-order valence-electron chi connectivity index (χ3n) is 2.19. The number of carbonyl (C=O) groups is 1. The second-order valence-electron chi connectivity index (χ2n) is 3.27. The third kappa shape index (κ3) is 2.13. The van der Waals surface area contributed by atoms with E-state index in [2.05, 4.69) is 12.6 Å². The maximum atomic E-state index is 11.3. The Morgan fingerprint density at radius 3 is 2.73 bits per heavy atom. The van der Waals surface area contributed by atoms with Crippen LogP contribution >= 0.6 is 24.0 Å². The van der Waals surface area contributed by atoms with Crippen LogP contribution in [0.2, 0.25) is 0 Å². The minimum Gasteiger partial charge on any atom is -0.295 e. The third-order valence-corrected chi connectivity index (χ3v) is 3.48. The Hall–Kier alpha value is -1.06. The van der Waals surface area contributed by atoms with E-state index < -0.39 is 0 Å². The molecule has 3 heteroatoms. The second-order valence-corrected chi connectivity index (χ2v) is 4.69. The number of thiol groups is 1. The average molecular weight is 234 g/mol. The minimum absolute atomic E-state index is 0.0844. The fraction of sp³-hybridized carbons (Fsp3) is 0.0833. The molecule has 2 rings (SSSR count). The number of hydrogen-bond acceptors (Lipinski definition) is 3. The fourth-order valence-electron chi connectivity index (χ4n) is 1.38. The number of Topliss-reactive ketones (excluding diaryl/α,β-unsaturated/α-hetero) is 1. The maximum Gasteiger partial charge on any atom is 0.159 e. The van der Waals surface area contributed by atoms with Crippen LogP contribution in [0.4, 0.5) is 0 Å². The summed E-state index contributed by atoms with van der Waals surface area (Å²) in [7, 11) is 0. The predicted molar refractivity (Wildman–Crippen MR) is 67.0 cm³/mol. The summed E-state index contributed by atoms with van der Waals surface area (Å²) in [5.74, 6) is 0.0844. The molecule has 0 saturated carbocycles. The van der Waals surface area contributed by atoms with Crippen LogP contribution < -0.4 is 0 Å². The lowest BCUT2D eigenvalue weighted by atomic mass is 10.1. The number of thiophene rings is 1. The topological polar surface area (TPSA) is 17.1 Å². The molecule has 0 saturated heterocycles. The first-order valence-corrected chi connectivity index (χ1v) is 5.89. The van der Waals surface area contributed by atoms with E-state index >= 15 is 0 Å². The van der Waals surface area contributed by atoms with Crippen LogP contribution in [0.15, 0.2) is 40.6 Å². The second kappa shape index (κ2) is 4.21. The molecule has 1 heterocycles. The van der Waals surface area contributed by atoms with Crippen molar-refractivity contribution in [3.8, 4) is 10.4 Å². The molecule has 1 aromatic heterocycles. The van der Waals surface area contributed by atoms with Crippen molar-refractivity contribution in [2.45, 2.75) is 11.8 Å². The lowest BCUT2D eigenvalue weighted by Gasteiger charge is -2.04. The Morgan fingerprint density at radius 1 is 1.33 bits per heavy atom. The molecular weight excluding hydrogens is 224 g/mol. The lowest BCUT2D eigenvalue weighted by Crippen LogP contribution is -1.92. The van der Waals surface area contributed by atoms with E-state index in [1.54, 1.807) is 18.3 Å². The highest BCUT2D eigenvalue weighted by Gasteiger charge is 2.06. The Kier molecular flexibility index (Phi) is 2.93. The SMILES string of the molecule is CC(=O)c1ccc(S)c(-c2cccs2)c1. The van der Waals surface area contributed by atoms with Gasteiger partial charge < -0.3 is 0 Å². The molecule has 0 aliphatic heterocycles. The van der Waals surface area contributed by atoms with Gasteiger partial charge in [-0.25, -0.2) is 0 Å². The van der Waals surface area contributed by atoms with Gasteiger partial charge in [-0.15, -0.1) is 24.0 Å². The molecule has 0 N–H and O–H groups in total. The van der Waals surface area contributed by atoms with Crippen molar-refractivity contribution in [3.05, 3.63) is 41.3 Å². The predicted octanol–water partition coefficient (Wildman–Crippen LogP) is 3.91. The first kappa shape index (κ1) is 10.5. The molecule has 1 aromatic carbocycles. The fourth-order valence-corrected chi connectivity index (χ4v) is 2.48. The molecule has 76 valence electrons. The number of hydrogen-bond donors (Lipinski definition) is 1. The number of rotatable bonds is 2. The monoisotopic (exact) mass is 234 g/mol. The van der Waals surface area contributed by atoms with Gasteiger partial charge in [0.15, 0.2) is 5.78 Å². The van der Waals surface area contributed by atoms with Crippen LogP contribution in [0.25, 0.3) is 10.4 Å². The largest absolute Gasteiger partial charge is 0.295 e. The molecule has 2 aromatic rings. The van der Waals surface area contributed by atoms with Crippen molar-refractivity contribution in [1.82, 2.24) is 0 Å². The van der Waals surface area contributed by atoms with Crippen LogP contribution in [-0.2, 0) is 0 Å². The van der Waals surface area contributed by atoms with Gasteiger partial charge in [-0.3, -0.25) is 4.79 Å². The zero-order chi connectivity index (χ0) is 10.8. The molecule has 0 atom stereocenters. The van der Waals surface area contributed by atoms with Crippen LogP contribution in [0.1, 0.15) is 17.3 Å². The summed E-state index contributed by atoms with van der Waals surface area (Å²) in [6, 6.07) is 9.60. The highest BCUT2D eigenvalue weighted by atomic mass is 32.1. The van der Waals surface area contributed by atoms with Gasteiger partial charge in [0.25, 0.3) is 0 Å². The van der Waals surface area contributed by atoms with Crippen molar-refractivity contribution in [2.75, 3.05) is 0 Å². The zero-order valence-corrected chi connectivity index (χ0v) is 9.94. The van der Waals surface area contributed by atoms with Gasteiger partial charge >= 0.3 is 0 Å². The Labute approximate surface area is 98.2 Å². The summed E-state index contributed by atoms with van der Waals surface area (Å²) >= 11 is 6.05. The summed E-state index contributed by atoms with van der Waals surface area (Å²) in [4.78, 5) is 13.3. The van der Waals surface area contributed by atoms with Crippen molar-refractivity contribution in [3.63, 3.8) is 0 Å². The Morgan fingerprint density at radius 2 is 2.13 bits per heavy atom. The zero-order valence-electron chi connectivity index (χ0n) is 8.23. The highest BCUT2D eigenvalue weighted by Crippen LogP contribution is 2.31. The van der Waals surface area contributed by atoms with Gasteiger partial charge in [0.2, 0.25) is 0 Å². The maximum absolute atomic E-state index is 11.3. The molecule has 0 aliphatic rings. The molecule has 0 aliphatic carbocycles. The molecule has 0 bridgehead atoms. The van der Waals surface area contributed by atoms with Gasteiger partial charge in [0.05, 0.1) is 0 Å².